The SMILES string of the molecule is COCC1CCC(CO)CC1. The van der Waals surface area contributed by atoms with Crippen molar-refractivity contribution >= 4 is 0 Å². The molecule has 1 aliphatic rings. The lowest BCUT2D eigenvalue weighted by molar-refractivity contribution is 0.102. The zero-order chi connectivity index (χ0) is 8.10. The average molecular weight is 158 g/mol. The number of rotatable bonds is 3. The van der Waals surface area contributed by atoms with Crippen LogP contribution in [0.25, 0.3) is 0 Å². The van der Waals surface area contributed by atoms with Gasteiger partial charge in [-0.2, -0.15) is 0 Å². The van der Waals surface area contributed by atoms with Gasteiger partial charge in [-0.3, -0.25) is 0 Å². The molecule has 1 fully saturated rings. The first-order valence-corrected chi connectivity index (χ1v) is 4.46. The Balaban J connectivity index is 2.14. The Morgan fingerprint density at radius 2 is 1.73 bits per heavy atom. The molecule has 0 atom stereocenters. The third-order valence-corrected chi connectivity index (χ3v) is 2.63. The highest BCUT2D eigenvalue weighted by Crippen LogP contribution is 2.28. The van der Waals surface area contributed by atoms with Gasteiger partial charge in [-0.05, 0) is 37.5 Å². The molecular weight excluding hydrogens is 140 g/mol. The van der Waals surface area contributed by atoms with E-state index >= 15 is 0 Å². The molecule has 0 bridgehead atoms. The van der Waals surface area contributed by atoms with E-state index in [1.807, 2.05) is 0 Å². The molecule has 0 aromatic carbocycles. The van der Waals surface area contributed by atoms with Crippen LogP contribution in [0.5, 0.6) is 0 Å². The van der Waals surface area contributed by atoms with E-state index in [9.17, 15) is 0 Å². The van der Waals surface area contributed by atoms with Gasteiger partial charge in [-0.15, -0.1) is 0 Å². The summed E-state index contributed by atoms with van der Waals surface area (Å²) < 4.78 is 5.09. The summed E-state index contributed by atoms with van der Waals surface area (Å²) >= 11 is 0. The highest BCUT2D eigenvalue weighted by molar-refractivity contribution is 4.71. The highest BCUT2D eigenvalue weighted by Gasteiger charge is 2.19. The molecule has 0 heterocycles. The summed E-state index contributed by atoms with van der Waals surface area (Å²) in [5.74, 6) is 1.32. The van der Waals surface area contributed by atoms with E-state index in [1.165, 1.54) is 25.7 Å². The van der Waals surface area contributed by atoms with Crippen LogP contribution in [0.4, 0.5) is 0 Å². The molecule has 0 radical (unpaired) electrons. The van der Waals surface area contributed by atoms with Gasteiger partial charge in [-0.25, -0.2) is 0 Å². The van der Waals surface area contributed by atoms with E-state index in [0.29, 0.717) is 12.5 Å². The van der Waals surface area contributed by atoms with Crippen LogP contribution in [0.3, 0.4) is 0 Å². The van der Waals surface area contributed by atoms with Gasteiger partial charge >= 0.3 is 0 Å². The van der Waals surface area contributed by atoms with Gasteiger partial charge in [0.1, 0.15) is 0 Å². The van der Waals surface area contributed by atoms with E-state index < -0.39 is 0 Å². The lowest BCUT2D eigenvalue weighted by Gasteiger charge is -2.26. The Kier molecular flexibility index (Phi) is 3.87. The number of aliphatic hydroxyl groups is 1. The Morgan fingerprint density at radius 3 is 2.18 bits per heavy atom. The van der Waals surface area contributed by atoms with E-state index in [-0.39, 0.29) is 0 Å². The van der Waals surface area contributed by atoms with Gasteiger partial charge in [0, 0.05) is 20.3 Å². The second-order valence-corrected chi connectivity index (χ2v) is 3.52. The summed E-state index contributed by atoms with van der Waals surface area (Å²) in [6.07, 6.45) is 4.84. The van der Waals surface area contributed by atoms with Crippen molar-refractivity contribution in [3.8, 4) is 0 Å². The van der Waals surface area contributed by atoms with Crippen LogP contribution in [0.2, 0.25) is 0 Å². The Bertz CT molecular complexity index is 95.7. The molecule has 0 unspecified atom stereocenters. The monoisotopic (exact) mass is 158 g/mol. The molecule has 0 amide bonds. The lowest BCUT2D eigenvalue weighted by atomic mass is 9.83. The van der Waals surface area contributed by atoms with Gasteiger partial charge in [0.25, 0.3) is 0 Å². The summed E-state index contributed by atoms with van der Waals surface area (Å²) in [6.45, 7) is 1.28. The summed E-state index contributed by atoms with van der Waals surface area (Å²) in [4.78, 5) is 0. The molecule has 2 nitrogen and oxygen atoms in total. The van der Waals surface area contributed by atoms with Gasteiger partial charge in [0.15, 0.2) is 0 Å². The molecule has 1 aliphatic carbocycles. The molecule has 1 saturated carbocycles. The molecule has 0 aliphatic heterocycles. The molecular formula is C9H18O2. The number of methoxy groups -OCH3 is 1. The van der Waals surface area contributed by atoms with Crippen molar-refractivity contribution in [1.82, 2.24) is 0 Å². The summed E-state index contributed by atoms with van der Waals surface area (Å²) in [5, 5.41) is 8.88. The standard InChI is InChI=1S/C9H18O2/c1-11-7-9-4-2-8(6-10)3-5-9/h8-10H,2-7H2,1H3. The third-order valence-electron chi connectivity index (χ3n) is 2.63. The van der Waals surface area contributed by atoms with Crippen LogP contribution in [0.15, 0.2) is 0 Å². The first kappa shape index (κ1) is 9.01. The van der Waals surface area contributed by atoms with Crippen molar-refractivity contribution in [1.29, 1.82) is 0 Å². The van der Waals surface area contributed by atoms with Crippen LogP contribution in [-0.4, -0.2) is 25.4 Å². The van der Waals surface area contributed by atoms with Gasteiger partial charge in [0.2, 0.25) is 0 Å². The fraction of sp³-hybridized carbons (Fsp3) is 1.00. The minimum absolute atomic E-state index is 0.375. The second kappa shape index (κ2) is 4.73. The van der Waals surface area contributed by atoms with Crippen LogP contribution in [0.1, 0.15) is 25.7 Å². The lowest BCUT2D eigenvalue weighted by Crippen LogP contribution is -2.19. The van der Waals surface area contributed by atoms with Gasteiger partial charge < -0.3 is 9.84 Å². The quantitative estimate of drug-likeness (QED) is 0.673. The normalized spacial score (nSPS) is 32.2. The maximum atomic E-state index is 8.88. The Hall–Kier alpha value is -0.0800. The molecule has 0 aromatic heterocycles. The maximum absolute atomic E-state index is 8.88. The van der Waals surface area contributed by atoms with E-state index in [0.717, 1.165) is 12.5 Å². The number of ether oxygens (including phenoxy) is 1. The third kappa shape index (κ3) is 2.80. The van der Waals surface area contributed by atoms with Crippen LogP contribution in [-0.2, 0) is 4.74 Å². The van der Waals surface area contributed by atoms with Gasteiger partial charge in [-0.1, -0.05) is 0 Å². The Morgan fingerprint density at radius 1 is 1.18 bits per heavy atom. The number of hydrogen-bond donors (Lipinski definition) is 1. The molecule has 0 spiro atoms. The van der Waals surface area contributed by atoms with Crippen molar-refractivity contribution in [2.45, 2.75) is 25.7 Å². The summed E-state index contributed by atoms with van der Waals surface area (Å²) in [5.41, 5.74) is 0. The van der Waals surface area contributed by atoms with Crippen molar-refractivity contribution in [2.75, 3.05) is 20.3 Å². The van der Waals surface area contributed by atoms with Crippen LogP contribution in [0, 0.1) is 11.8 Å². The molecule has 2 heteroatoms. The zero-order valence-electron chi connectivity index (χ0n) is 7.25. The van der Waals surface area contributed by atoms with Crippen molar-refractivity contribution in [2.24, 2.45) is 11.8 Å². The van der Waals surface area contributed by atoms with Crippen LogP contribution >= 0.6 is 0 Å². The predicted octanol–water partition coefficient (Wildman–Crippen LogP) is 1.43. The second-order valence-electron chi connectivity index (χ2n) is 3.52. The van der Waals surface area contributed by atoms with E-state index in [1.54, 1.807) is 7.11 Å². The zero-order valence-corrected chi connectivity index (χ0v) is 7.25. The molecule has 1 N–H and O–H groups in total. The fourth-order valence-electron chi connectivity index (χ4n) is 1.82. The molecule has 0 aromatic rings. The molecule has 0 saturated heterocycles. The van der Waals surface area contributed by atoms with Gasteiger partial charge in [0.05, 0.1) is 0 Å². The molecule has 11 heavy (non-hydrogen) atoms. The van der Waals surface area contributed by atoms with Crippen molar-refractivity contribution < 1.29 is 9.84 Å². The van der Waals surface area contributed by atoms with E-state index in [4.69, 9.17) is 9.84 Å². The maximum Gasteiger partial charge on any atom is 0.0490 e. The average Bonchev–Trinajstić information content (AvgIpc) is 2.07. The van der Waals surface area contributed by atoms with Crippen LogP contribution < -0.4 is 0 Å². The number of hydrogen-bond acceptors (Lipinski definition) is 2. The Labute approximate surface area is 68.6 Å². The largest absolute Gasteiger partial charge is 0.396 e. The fourth-order valence-corrected chi connectivity index (χ4v) is 1.82. The van der Waals surface area contributed by atoms with E-state index in [2.05, 4.69) is 0 Å². The molecule has 1 rings (SSSR count). The van der Waals surface area contributed by atoms with Crippen molar-refractivity contribution in [3.63, 3.8) is 0 Å². The highest BCUT2D eigenvalue weighted by atomic mass is 16.5. The number of aliphatic hydroxyl groups excluding tert-OH is 1. The smallest absolute Gasteiger partial charge is 0.0490 e. The first-order valence-electron chi connectivity index (χ1n) is 4.46. The molecule has 66 valence electrons. The predicted molar refractivity (Wildman–Crippen MR) is 44.4 cm³/mol. The van der Waals surface area contributed by atoms with Crippen molar-refractivity contribution in [3.05, 3.63) is 0 Å². The summed E-state index contributed by atoms with van der Waals surface area (Å²) in [6, 6.07) is 0. The summed E-state index contributed by atoms with van der Waals surface area (Å²) in [7, 11) is 1.76. The minimum atomic E-state index is 0.375. The topological polar surface area (TPSA) is 29.5 Å². The minimum Gasteiger partial charge on any atom is -0.396 e. The first-order chi connectivity index (χ1) is 5.36.